The fraction of sp³-hybridized carbons (Fsp3) is 0.587. The maximum absolute atomic E-state index is 12.8. The van der Waals surface area contributed by atoms with Gasteiger partial charge in [-0.25, -0.2) is 0 Å². The van der Waals surface area contributed by atoms with Gasteiger partial charge in [-0.05, 0) is 122 Å². The molecule has 5 nitrogen and oxygen atoms in total. The number of hydrogen-bond donors (Lipinski definition) is 0. The van der Waals surface area contributed by atoms with Gasteiger partial charge in [-0.3, -0.25) is 9.59 Å². The van der Waals surface area contributed by atoms with E-state index < -0.39 is 6.10 Å². The number of esters is 2. The van der Waals surface area contributed by atoms with Crippen molar-refractivity contribution >= 4 is 11.9 Å². The normalized spacial score (nSPS) is 13.4. The lowest BCUT2D eigenvalue weighted by Gasteiger charge is -2.18. The smallest absolute Gasteiger partial charge is 0.310 e. The van der Waals surface area contributed by atoms with Crippen molar-refractivity contribution in [2.75, 3.05) is 19.8 Å². The molecule has 382 valence electrons. The topological polar surface area (TPSA) is 61.8 Å². The summed E-state index contributed by atoms with van der Waals surface area (Å²) in [5.41, 5.74) is 0. The molecule has 0 aliphatic heterocycles. The maximum atomic E-state index is 12.8. The lowest BCUT2D eigenvalue weighted by molar-refractivity contribution is -0.162. The number of unbranched alkanes of at least 4 members (excludes halogenated alkanes) is 14. The van der Waals surface area contributed by atoms with E-state index in [0.29, 0.717) is 13.0 Å². The van der Waals surface area contributed by atoms with Crippen molar-refractivity contribution in [1.82, 2.24) is 0 Å². The molecule has 68 heavy (non-hydrogen) atoms. The molecule has 0 aromatic rings. The first kappa shape index (κ1) is 63.8. The molecule has 0 radical (unpaired) electrons. The molecule has 0 fully saturated rings. The summed E-state index contributed by atoms with van der Waals surface area (Å²) in [6, 6.07) is 0. The van der Waals surface area contributed by atoms with E-state index in [1.54, 1.807) is 0 Å². The Morgan fingerprint density at radius 3 is 1.13 bits per heavy atom. The van der Waals surface area contributed by atoms with Crippen LogP contribution in [0.1, 0.15) is 213 Å². The third kappa shape index (κ3) is 54.4. The monoisotopic (exact) mass is 937 g/mol. The Bertz CT molecular complexity index is 1480. The van der Waals surface area contributed by atoms with Crippen LogP contribution < -0.4 is 0 Å². The fourth-order valence-electron chi connectivity index (χ4n) is 6.88. The summed E-state index contributed by atoms with van der Waals surface area (Å²) in [6.45, 7) is 7.39. The second-order valence-corrected chi connectivity index (χ2v) is 17.4. The molecule has 1 atom stereocenters. The van der Waals surface area contributed by atoms with E-state index in [9.17, 15) is 9.59 Å². The van der Waals surface area contributed by atoms with Crippen LogP contribution in [0.5, 0.6) is 0 Å². The largest absolute Gasteiger partial charge is 0.462 e. The minimum atomic E-state index is -0.618. The third-order valence-corrected chi connectivity index (χ3v) is 10.9. The number of hydrogen-bond acceptors (Lipinski definition) is 5. The lowest BCUT2D eigenvalue weighted by atomic mass is 10.1. The Balaban J connectivity index is 4.47. The Morgan fingerprint density at radius 2 is 0.706 bits per heavy atom. The van der Waals surface area contributed by atoms with Crippen LogP contribution in [-0.4, -0.2) is 37.9 Å². The second-order valence-electron chi connectivity index (χ2n) is 17.4. The number of ether oxygens (including phenoxy) is 3. The summed E-state index contributed by atoms with van der Waals surface area (Å²) in [4.78, 5) is 25.4. The first-order valence-electron chi connectivity index (χ1n) is 27.4. The van der Waals surface area contributed by atoms with Gasteiger partial charge in [0.05, 0.1) is 13.0 Å². The molecular weight excluding hydrogens is 837 g/mol. The van der Waals surface area contributed by atoms with Crippen LogP contribution in [0.15, 0.2) is 146 Å². The first-order valence-corrected chi connectivity index (χ1v) is 27.4. The minimum Gasteiger partial charge on any atom is -0.462 e. The zero-order valence-corrected chi connectivity index (χ0v) is 43.8. The molecule has 0 saturated carbocycles. The lowest BCUT2D eigenvalue weighted by Crippen LogP contribution is -2.29. The molecule has 0 saturated heterocycles. The van der Waals surface area contributed by atoms with Crippen LogP contribution in [0, 0.1) is 0 Å². The van der Waals surface area contributed by atoms with Crippen LogP contribution in [0.4, 0.5) is 0 Å². The van der Waals surface area contributed by atoms with E-state index in [2.05, 4.69) is 154 Å². The number of allylic oxidation sites excluding steroid dienone is 23. The molecular formula is C63H100O5. The second kappa shape index (κ2) is 57.1. The van der Waals surface area contributed by atoms with Gasteiger partial charge in [-0.1, -0.05) is 224 Å². The summed E-state index contributed by atoms with van der Waals surface area (Å²) in [6.07, 6.45) is 83.1. The number of carbonyl (C=O) groups is 2. The van der Waals surface area contributed by atoms with Gasteiger partial charge in [0, 0.05) is 13.0 Å². The van der Waals surface area contributed by atoms with Gasteiger partial charge >= 0.3 is 11.9 Å². The van der Waals surface area contributed by atoms with Crippen LogP contribution in [0.3, 0.4) is 0 Å². The Labute approximate surface area is 419 Å². The molecule has 5 heteroatoms. The zero-order chi connectivity index (χ0) is 49.2. The summed E-state index contributed by atoms with van der Waals surface area (Å²) in [5.74, 6) is -0.579. The van der Waals surface area contributed by atoms with Gasteiger partial charge in [0.25, 0.3) is 0 Å². The summed E-state index contributed by atoms with van der Waals surface area (Å²) in [5, 5.41) is 0. The highest BCUT2D eigenvalue weighted by molar-refractivity contribution is 5.71. The Morgan fingerprint density at radius 1 is 0.353 bits per heavy atom. The van der Waals surface area contributed by atoms with E-state index >= 15 is 0 Å². The minimum absolute atomic E-state index is 0.0209. The molecule has 0 aliphatic rings. The maximum Gasteiger partial charge on any atom is 0.310 e. The van der Waals surface area contributed by atoms with E-state index in [-0.39, 0.29) is 31.6 Å². The van der Waals surface area contributed by atoms with Crippen molar-refractivity contribution in [1.29, 1.82) is 0 Å². The number of carbonyl (C=O) groups excluding carboxylic acids is 2. The van der Waals surface area contributed by atoms with Crippen LogP contribution >= 0.6 is 0 Å². The summed E-state index contributed by atoms with van der Waals surface area (Å²) in [7, 11) is 0. The van der Waals surface area contributed by atoms with E-state index in [4.69, 9.17) is 14.2 Å². The van der Waals surface area contributed by atoms with Gasteiger partial charge < -0.3 is 14.2 Å². The highest BCUT2D eigenvalue weighted by Gasteiger charge is 2.17. The molecule has 0 rings (SSSR count). The van der Waals surface area contributed by atoms with E-state index in [0.717, 1.165) is 116 Å². The number of rotatable bonds is 48. The van der Waals surface area contributed by atoms with E-state index in [1.165, 1.54) is 64.2 Å². The van der Waals surface area contributed by atoms with Crippen molar-refractivity contribution in [3.8, 4) is 0 Å². The van der Waals surface area contributed by atoms with Gasteiger partial charge in [0.2, 0.25) is 0 Å². The predicted molar refractivity (Wildman–Crippen MR) is 297 cm³/mol. The quantitative estimate of drug-likeness (QED) is 0.0346. The fourth-order valence-corrected chi connectivity index (χ4v) is 6.88. The van der Waals surface area contributed by atoms with Crippen LogP contribution in [0.25, 0.3) is 0 Å². The van der Waals surface area contributed by atoms with Crippen LogP contribution in [-0.2, 0) is 23.8 Å². The van der Waals surface area contributed by atoms with Crippen molar-refractivity contribution < 1.29 is 23.8 Å². The molecule has 0 N–H and O–H groups in total. The molecule has 0 spiro atoms. The highest BCUT2D eigenvalue weighted by atomic mass is 16.6. The van der Waals surface area contributed by atoms with Gasteiger partial charge in [-0.15, -0.1) is 0 Å². The molecule has 0 heterocycles. The zero-order valence-electron chi connectivity index (χ0n) is 43.8. The van der Waals surface area contributed by atoms with Crippen molar-refractivity contribution in [3.63, 3.8) is 0 Å². The first-order chi connectivity index (χ1) is 33.6. The Kier molecular flexibility index (Phi) is 53.6. The summed E-state index contributed by atoms with van der Waals surface area (Å²) >= 11 is 0. The van der Waals surface area contributed by atoms with E-state index in [1.807, 2.05) is 12.2 Å². The van der Waals surface area contributed by atoms with Gasteiger partial charge in [-0.2, -0.15) is 0 Å². The van der Waals surface area contributed by atoms with Gasteiger partial charge in [0.15, 0.2) is 6.10 Å². The SMILES string of the molecule is CC/C=C\C/C=C\C/C=C\C/C=C\C/C=C\CC(=O)OC(COCCCCCCC/C=C\C/C=C\C/C=C\C/C=C\CC)COC(=O)CCCCCCCC/C=C\C/C=C\C/C=C\CCCCC. The average Bonchev–Trinajstić information content (AvgIpc) is 3.34. The highest BCUT2D eigenvalue weighted by Crippen LogP contribution is 2.12. The van der Waals surface area contributed by atoms with Crippen molar-refractivity contribution in [2.24, 2.45) is 0 Å². The molecule has 0 aromatic carbocycles. The molecule has 0 bridgehead atoms. The molecule has 0 aromatic heterocycles. The average molecular weight is 937 g/mol. The van der Waals surface area contributed by atoms with Crippen LogP contribution in [0.2, 0.25) is 0 Å². The predicted octanol–water partition coefficient (Wildman–Crippen LogP) is 18.9. The van der Waals surface area contributed by atoms with Crippen molar-refractivity contribution in [3.05, 3.63) is 146 Å². The molecule has 0 aliphatic carbocycles. The standard InChI is InChI=1S/C63H100O5/c1-4-7-10-13-16-19-22-25-28-30-32-33-36-38-41-44-47-50-53-56-62(64)67-60-61(68-63(65)57-54-51-48-45-42-39-35-27-24-21-18-15-12-9-6-3)59-66-58-55-52-49-46-43-40-37-34-31-29-26-23-20-17-14-11-8-5-2/h8-9,11-12,16-21,25-29,32-35,37,42,45,51,54,61H,4-7,10,13-15,22-24,30-31,36,38-41,43-44,46-50,52-53,55-60H2,1-3H3/b11-8-,12-9-,19-16-,20-17-,21-18-,28-25-,29-26-,33-32-,35-27-,37-34-,45-42-,54-51-. The Hall–Kier alpha value is -4.22. The molecule has 1 unspecified atom stereocenters. The molecule has 0 amide bonds. The van der Waals surface area contributed by atoms with Gasteiger partial charge in [0.1, 0.15) is 6.61 Å². The van der Waals surface area contributed by atoms with Crippen molar-refractivity contribution in [2.45, 2.75) is 219 Å². The summed E-state index contributed by atoms with van der Waals surface area (Å²) < 4.78 is 17.3. The third-order valence-electron chi connectivity index (χ3n) is 10.9.